The molecule has 0 saturated carbocycles. The summed E-state index contributed by atoms with van der Waals surface area (Å²) in [5.74, 6) is -18.6. The molecule has 0 fully saturated rings. The van der Waals surface area contributed by atoms with E-state index in [0.29, 0.717) is 23.8 Å². The van der Waals surface area contributed by atoms with Crippen LogP contribution >= 0.6 is 25.3 Å². The van der Waals surface area contributed by atoms with Crippen molar-refractivity contribution in [3.8, 4) is 0 Å². The maximum absolute atomic E-state index is 14.5. The van der Waals surface area contributed by atoms with E-state index in [1.54, 1.807) is 81.4 Å². The predicted octanol–water partition coefficient (Wildman–Crippen LogP) is -8.73. The van der Waals surface area contributed by atoms with Gasteiger partial charge in [0, 0.05) is 44.0 Å². The number of thiol groups is 2. The number of carboxylic acids is 1. The van der Waals surface area contributed by atoms with Crippen molar-refractivity contribution < 1.29 is 92.0 Å². The normalized spacial score (nSPS) is 14.7. The standard InChI is InChI=1S/C71H114N24O19S2/c1-6-37(3)55(94-60(106)44(22-15-25-80-70(75)76)86-53(100)31-82-52(99)30-83-59(105)46(27-40-17-10-8-11-18-40)88-57(103)39(5)84-65(111)50(35-115)92-64(110)49(34-98)91-58(104)43(72)33-97)67(113)90-48(29-54(101)102)63(109)87-45(23-16-26-81-71(77)78)61(107)95-56(38(4)7-2)68(114)93-51(36-116)66(112)89-47(28-41-19-12-9-13-20-41)62(108)85-42(32-96)21-14-24-79-69(73)74/h8-13,17-20,32,37-39,42-51,55-56,97-98,115-116H,6-7,14-16,21-31,33-36,72H2,1-5H3,(H,82,99)(H,83,105)(H,84,111)(H,85,108)(H,86,100)(H,87,109)(H,88,103)(H,89,112)(H,90,113)(H,91,104)(H,92,110)(H,93,114)(H,94,106)(H,95,107)(H,101,102)(H4,73,74,79)(H4,75,76,80)(H4,77,78,81)/t37-,38-,39+,42-,43+,44-,45-,46-,47-,48-,49-,50-,51-,55-,56-/m0/s1. The van der Waals surface area contributed by atoms with E-state index in [4.69, 9.17) is 44.3 Å². The molecule has 45 heteroatoms. The molecular weight excluding hydrogens is 1560 g/mol. The summed E-state index contributed by atoms with van der Waals surface area (Å²) in [6.45, 7) is 4.57. The maximum atomic E-state index is 14.5. The summed E-state index contributed by atoms with van der Waals surface area (Å²) >= 11 is 8.40. The molecule has 644 valence electrons. The number of aliphatic hydroxyl groups excluding tert-OH is 2. The Morgan fingerprint density at radius 1 is 0.414 bits per heavy atom. The summed E-state index contributed by atoms with van der Waals surface area (Å²) in [6, 6.07) is -2.37. The molecule has 0 unspecified atom stereocenters. The Balaban J connectivity index is 2.38. The summed E-state index contributed by atoms with van der Waals surface area (Å²) in [5.41, 5.74) is 22.9. The van der Waals surface area contributed by atoms with Crippen LogP contribution in [0.25, 0.3) is 0 Å². The van der Waals surface area contributed by atoms with Gasteiger partial charge in [-0.15, -0.1) is 0 Å². The smallest absolute Gasteiger partial charge is 0.305 e. The fraction of sp³-hybridized carbons (Fsp3) is 0.563. The van der Waals surface area contributed by atoms with E-state index in [0.717, 1.165) is 0 Å². The highest BCUT2D eigenvalue weighted by atomic mass is 32.1. The van der Waals surface area contributed by atoms with Gasteiger partial charge in [-0.3, -0.25) is 88.1 Å². The zero-order valence-electron chi connectivity index (χ0n) is 65.2. The van der Waals surface area contributed by atoms with E-state index in [9.17, 15) is 86.9 Å². The zero-order chi connectivity index (χ0) is 87.1. The zero-order valence-corrected chi connectivity index (χ0v) is 67.0. The van der Waals surface area contributed by atoms with Crippen molar-refractivity contribution >= 4 is 138 Å². The van der Waals surface area contributed by atoms with Crippen LogP contribution in [0.15, 0.2) is 60.7 Å². The van der Waals surface area contributed by atoms with Gasteiger partial charge < -0.3 is 133 Å². The van der Waals surface area contributed by atoms with Crippen molar-refractivity contribution in [2.75, 3.05) is 57.4 Å². The van der Waals surface area contributed by atoms with Crippen LogP contribution in [0.1, 0.15) is 104 Å². The first-order valence-corrected chi connectivity index (χ1v) is 38.6. The van der Waals surface area contributed by atoms with Gasteiger partial charge in [0.15, 0.2) is 17.9 Å². The van der Waals surface area contributed by atoms with Gasteiger partial charge in [0.1, 0.15) is 78.8 Å². The highest BCUT2D eigenvalue weighted by Crippen LogP contribution is 2.15. The van der Waals surface area contributed by atoms with Crippen LogP contribution in [-0.4, -0.2) is 264 Å². The molecule has 0 aromatic heterocycles. The molecule has 15 atom stereocenters. The summed E-state index contributed by atoms with van der Waals surface area (Å²) < 4.78 is 0. The lowest BCUT2D eigenvalue weighted by Crippen LogP contribution is -2.62. The number of carboxylic acid groups (broad SMARTS) is 1. The number of hydrogen-bond acceptors (Lipinski definition) is 24. The van der Waals surface area contributed by atoms with E-state index >= 15 is 0 Å². The van der Waals surface area contributed by atoms with E-state index in [1.807, 2.05) is 0 Å². The number of nitrogens with one attached hydrogen (secondary N) is 20. The Kier molecular flexibility index (Phi) is 47.1. The third-order valence-corrected chi connectivity index (χ3v) is 18.5. The molecule has 116 heavy (non-hydrogen) atoms. The number of benzene rings is 2. The van der Waals surface area contributed by atoms with Crippen LogP contribution in [0, 0.1) is 28.1 Å². The molecule has 0 aliphatic heterocycles. The molecule has 0 bridgehead atoms. The average Bonchev–Trinajstić information content (AvgIpc) is 0.854. The minimum Gasteiger partial charge on any atom is -0.481 e. The highest BCUT2D eigenvalue weighted by Gasteiger charge is 2.38. The number of hydrogen-bond donors (Lipinski definition) is 29. The largest absolute Gasteiger partial charge is 0.481 e. The summed E-state index contributed by atoms with van der Waals surface area (Å²) in [6.07, 6.45) is -0.368. The third-order valence-electron chi connectivity index (χ3n) is 17.8. The Bertz CT molecular complexity index is 3650. The number of carbonyl (C=O) groups excluding carboxylic acids is 15. The number of carbonyl (C=O) groups is 16. The summed E-state index contributed by atoms with van der Waals surface area (Å²) in [4.78, 5) is 217. The van der Waals surface area contributed by atoms with Gasteiger partial charge in [0.25, 0.3) is 0 Å². The van der Waals surface area contributed by atoms with E-state index in [1.165, 1.54) is 13.8 Å². The SMILES string of the molecule is CC[C@H](C)[C@H](NC(=O)[C@H](CCCNC(=N)N)NC(=O)CNC(=O)CNC(=O)[C@H](Cc1ccccc1)NC(=O)[C@@H](C)NC(=O)[C@H](CS)NC(=O)[C@H](CO)NC(=O)[C@H](N)CO)C(=O)N[C@@H](CC(=O)O)C(=O)N[C@@H](CCCNC(=N)N)C(=O)N[C@H](C(=O)N[C@@H](CS)C(=O)N[C@@H](Cc1ccccc1)C(=O)N[C@H](C=O)CCCNC(=N)N)[C@@H](C)CC. The topological polar surface area (TPSA) is 714 Å². The molecule has 2 aromatic carbocycles. The number of nitrogens with two attached hydrogens (primary N) is 4. The molecule has 31 N–H and O–H groups in total. The van der Waals surface area contributed by atoms with E-state index < -0.39 is 224 Å². The van der Waals surface area contributed by atoms with E-state index in [-0.39, 0.29) is 94.9 Å². The first-order valence-electron chi connectivity index (χ1n) is 37.3. The van der Waals surface area contributed by atoms with Gasteiger partial charge in [0.2, 0.25) is 82.7 Å². The Hall–Kier alpha value is -11.5. The molecule has 43 nitrogen and oxygen atoms in total. The second kappa shape index (κ2) is 54.4. The third kappa shape index (κ3) is 38.6. The number of aliphatic carboxylic acids is 1. The van der Waals surface area contributed by atoms with Gasteiger partial charge in [-0.1, -0.05) is 101 Å². The Morgan fingerprint density at radius 2 is 0.784 bits per heavy atom. The number of guanidine groups is 3. The predicted molar refractivity (Wildman–Crippen MR) is 430 cm³/mol. The van der Waals surface area contributed by atoms with Crippen LogP contribution in [0.3, 0.4) is 0 Å². The maximum Gasteiger partial charge on any atom is 0.305 e. The fourth-order valence-corrected chi connectivity index (χ4v) is 11.3. The molecule has 14 amide bonds. The van der Waals surface area contributed by atoms with Crippen molar-refractivity contribution in [3.63, 3.8) is 0 Å². The minimum atomic E-state index is -1.98. The molecule has 0 spiro atoms. The lowest BCUT2D eigenvalue weighted by atomic mass is 9.96. The fourth-order valence-electron chi connectivity index (χ4n) is 10.7. The first kappa shape index (κ1) is 101. The van der Waals surface area contributed by atoms with Gasteiger partial charge in [-0.2, -0.15) is 25.3 Å². The number of amides is 14. The Morgan fingerprint density at radius 3 is 1.22 bits per heavy atom. The second-order valence-electron chi connectivity index (χ2n) is 27.0. The molecular formula is C71H114N24O19S2. The minimum absolute atomic E-state index is 0.00217. The lowest BCUT2D eigenvalue weighted by molar-refractivity contribution is -0.142. The van der Waals surface area contributed by atoms with Crippen LogP contribution in [0.5, 0.6) is 0 Å². The van der Waals surface area contributed by atoms with Gasteiger partial charge in [0.05, 0.1) is 38.8 Å². The Labute approximate surface area is 681 Å². The summed E-state index contributed by atoms with van der Waals surface area (Å²) in [5, 5.41) is 93.5. The molecule has 0 aliphatic carbocycles. The van der Waals surface area contributed by atoms with Crippen LogP contribution in [0.2, 0.25) is 0 Å². The quantitative estimate of drug-likeness (QED) is 0.00961. The van der Waals surface area contributed by atoms with Crippen molar-refractivity contribution in [1.82, 2.24) is 90.4 Å². The number of aldehydes is 1. The van der Waals surface area contributed by atoms with Gasteiger partial charge in [-0.25, -0.2) is 0 Å². The molecule has 0 aliphatic rings. The highest BCUT2D eigenvalue weighted by molar-refractivity contribution is 7.80. The van der Waals surface area contributed by atoms with Gasteiger partial charge in [-0.05, 0) is 68.4 Å². The van der Waals surface area contributed by atoms with E-state index in [2.05, 4.69) is 116 Å². The van der Waals surface area contributed by atoms with Crippen molar-refractivity contribution in [3.05, 3.63) is 71.8 Å². The van der Waals surface area contributed by atoms with Crippen molar-refractivity contribution in [2.24, 2.45) is 34.8 Å². The van der Waals surface area contributed by atoms with Crippen molar-refractivity contribution in [1.29, 1.82) is 16.2 Å². The lowest BCUT2D eigenvalue weighted by Gasteiger charge is -2.30. The molecule has 2 rings (SSSR count). The van der Waals surface area contributed by atoms with Crippen molar-refractivity contribution in [2.45, 2.75) is 184 Å². The first-order chi connectivity index (χ1) is 54.9. The van der Waals surface area contributed by atoms with Gasteiger partial charge >= 0.3 is 5.97 Å². The second-order valence-corrected chi connectivity index (χ2v) is 27.8. The van der Waals surface area contributed by atoms with Crippen LogP contribution in [0.4, 0.5) is 0 Å². The molecule has 0 saturated heterocycles. The monoisotopic (exact) mass is 1670 g/mol. The number of rotatable bonds is 55. The number of aliphatic hydroxyl groups is 2. The van der Waals surface area contributed by atoms with Crippen LogP contribution in [-0.2, 0) is 89.6 Å². The molecule has 0 heterocycles. The average molecular weight is 1670 g/mol. The molecule has 0 radical (unpaired) electrons. The summed E-state index contributed by atoms with van der Waals surface area (Å²) in [7, 11) is 0. The molecule has 2 aromatic rings. The van der Waals surface area contributed by atoms with Crippen LogP contribution < -0.4 is 113 Å².